The van der Waals surface area contributed by atoms with Gasteiger partial charge in [0.15, 0.2) is 0 Å². The summed E-state index contributed by atoms with van der Waals surface area (Å²) in [6, 6.07) is 3.93. The maximum Gasteiger partial charge on any atom is 0.338 e. The van der Waals surface area contributed by atoms with E-state index in [1.54, 1.807) is 6.07 Å². The molecule has 0 saturated carbocycles. The van der Waals surface area contributed by atoms with Crippen LogP contribution in [0.2, 0.25) is 0 Å². The third-order valence-electron chi connectivity index (χ3n) is 2.18. The molecule has 1 aromatic carbocycles. The van der Waals surface area contributed by atoms with Crippen LogP contribution in [0.15, 0.2) is 12.1 Å². The van der Waals surface area contributed by atoms with Crippen LogP contribution in [0.25, 0.3) is 0 Å². The van der Waals surface area contributed by atoms with Crippen molar-refractivity contribution in [2.24, 2.45) is 0 Å². The van der Waals surface area contributed by atoms with E-state index in [0.29, 0.717) is 0 Å². The molecule has 0 bridgehead atoms. The van der Waals surface area contributed by atoms with Gasteiger partial charge in [-0.2, -0.15) is 5.26 Å². The highest BCUT2D eigenvalue weighted by Gasteiger charge is 2.21. The molecule has 1 aromatic rings. The number of nitriles is 1. The summed E-state index contributed by atoms with van der Waals surface area (Å²) in [4.78, 5) is 11.3. The number of ether oxygens (including phenoxy) is 1. The van der Waals surface area contributed by atoms with Crippen LogP contribution in [-0.4, -0.2) is 13.1 Å². The van der Waals surface area contributed by atoms with Gasteiger partial charge in [-0.05, 0) is 17.7 Å². The lowest BCUT2D eigenvalue weighted by atomic mass is 10.00. The standard InChI is InChI=1S/C11H8ClF2NO2/c1-17-11(16)9-3-7(5-15)6(4-12)2-8(9)10(13)14/h2-3,10H,4H2,1H3. The molecule has 0 aliphatic carbocycles. The maximum absolute atomic E-state index is 12.7. The van der Waals surface area contributed by atoms with Crippen LogP contribution < -0.4 is 0 Å². The Balaban J connectivity index is 3.47. The normalized spacial score (nSPS) is 10.1. The van der Waals surface area contributed by atoms with E-state index in [4.69, 9.17) is 16.9 Å². The number of carbonyl (C=O) groups is 1. The number of halogens is 3. The van der Waals surface area contributed by atoms with Crippen LogP contribution >= 0.6 is 11.6 Å². The predicted octanol–water partition coefficient (Wildman–Crippen LogP) is 3.02. The van der Waals surface area contributed by atoms with Gasteiger partial charge < -0.3 is 4.74 Å². The molecule has 17 heavy (non-hydrogen) atoms. The lowest BCUT2D eigenvalue weighted by molar-refractivity contribution is 0.0589. The molecular formula is C11H8ClF2NO2. The Kier molecular flexibility index (Phi) is 4.41. The van der Waals surface area contributed by atoms with E-state index in [1.807, 2.05) is 0 Å². The lowest BCUT2D eigenvalue weighted by Crippen LogP contribution is -2.08. The first kappa shape index (κ1) is 13.4. The van der Waals surface area contributed by atoms with Crippen molar-refractivity contribution in [1.82, 2.24) is 0 Å². The second-order valence-electron chi connectivity index (χ2n) is 3.13. The highest BCUT2D eigenvalue weighted by molar-refractivity contribution is 6.17. The fraction of sp³-hybridized carbons (Fsp3) is 0.273. The van der Waals surface area contributed by atoms with Crippen molar-refractivity contribution in [2.45, 2.75) is 12.3 Å². The summed E-state index contributed by atoms with van der Waals surface area (Å²) >= 11 is 5.54. The fourth-order valence-corrected chi connectivity index (χ4v) is 1.57. The number of alkyl halides is 3. The number of methoxy groups -OCH3 is 1. The molecule has 6 heteroatoms. The molecule has 0 atom stereocenters. The minimum absolute atomic E-state index is 0.0793. The molecule has 0 radical (unpaired) electrons. The van der Waals surface area contributed by atoms with E-state index >= 15 is 0 Å². The topological polar surface area (TPSA) is 50.1 Å². The average Bonchev–Trinajstić information content (AvgIpc) is 2.35. The van der Waals surface area contributed by atoms with Gasteiger partial charge in [-0.1, -0.05) is 0 Å². The van der Waals surface area contributed by atoms with Gasteiger partial charge in [-0.3, -0.25) is 0 Å². The highest BCUT2D eigenvalue weighted by atomic mass is 35.5. The summed E-state index contributed by atoms with van der Waals surface area (Å²) in [5, 5.41) is 8.81. The molecule has 0 aromatic heterocycles. The molecule has 0 fully saturated rings. The van der Waals surface area contributed by atoms with Gasteiger partial charge in [0.1, 0.15) is 0 Å². The molecule has 0 saturated heterocycles. The summed E-state index contributed by atoms with van der Waals surface area (Å²) in [7, 11) is 1.08. The predicted molar refractivity (Wildman–Crippen MR) is 57.0 cm³/mol. The van der Waals surface area contributed by atoms with Crippen LogP contribution in [0.5, 0.6) is 0 Å². The SMILES string of the molecule is COC(=O)c1cc(C#N)c(CCl)cc1C(F)F. The van der Waals surface area contributed by atoms with Gasteiger partial charge in [0.25, 0.3) is 6.43 Å². The molecule has 1 rings (SSSR count). The zero-order valence-corrected chi connectivity index (χ0v) is 9.59. The number of benzene rings is 1. The molecule has 0 unspecified atom stereocenters. The van der Waals surface area contributed by atoms with Crippen LogP contribution in [0.1, 0.15) is 33.5 Å². The summed E-state index contributed by atoms with van der Waals surface area (Å²) in [6.07, 6.45) is -2.83. The van der Waals surface area contributed by atoms with Crippen molar-refractivity contribution in [1.29, 1.82) is 5.26 Å². The minimum atomic E-state index is -2.83. The summed E-state index contributed by atoms with van der Waals surface area (Å²) in [5.74, 6) is -0.984. The van der Waals surface area contributed by atoms with Crippen molar-refractivity contribution < 1.29 is 18.3 Å². The first-order valence-electron chi connectivity index (χ1n) is 4.54. The maximum atomic E-state index is 12.7. The molecule has 0 heterocycles. The summed E-state index contributed by atoms with van der Waals surface area (Å²) < 4.78 is 29.9. The Morgan fingerprint density at radius 3 is 2.65 bits per heavy atom. The lowest BCUT2D eigenvalue weighted by Gasteiger charge is -2.10. The molecule has 90 valence electrons. The first-order valence-corrected chi connectivity index (χ1v) is 5.08. The Bertz CT molecular complexity index is 483. The molecule has 0 spiro atoms. The Morgan fingerprint density at radius 2 is 2.24 bits per heavy atom. The van der Waals surface area contributed by atoms with Crippen molar-refractivity contribution >= 4 is 17.6 Å². The zero-order valence-electron chi connectivity index (χ0n) is 8.84. The third kappa shape index (κ3) is 2.71. The number of esters is 1. The second kappa shape index (κ2) is 5.60. The van der Waals surface area contributed by atoms with Crippen LogP contribution in [0, 0.1) is 11.3 Å². The van der Waals surface area contributed by atoms with Crippen molar-refractivity contribution in [3.8, 4) is 6.07 Å². The number of nitrogens with zero attached hydrogens (tertiary/aromatic N) is 1. The fourth-order valence-electron chi connectivity index (χ4n) is 1.35. The van der Waals surface area contributed by atoms with Crippen LogP contribution in [0.3, 0.4) is 0 Å². The molecule has 0 amide bonds. The van der Waals surface area contributed by atoms with Crippen LogP contribution in [0.4, 0.5) is 8.78 Å². The van der Waals surface area contributed by atoms with E-state index in [1.165, 1.54) is 0 Å². The van der Waals surface area contributed by atoms with Gasteiger partial charge in [-0.25, -0.2) is 13.6 Å². The van der Waals surface area contributed by atoms with Crippen molar-refractivity contribution in [2.75, 3.05) is 7.11 Å². The van der Waals surface area contributed by atoms with Crippen LogP contribution in [-0.2, 0) is 10.6 Å². The van der Waals surface area contributed by atoms with E-state index < -0.39 is 18.0 Å². The largest absolute Gasteiger partial charge is 0.465 e. The van der Waals surface area contributed by atoms with Gasteiger partial charge in [-0.15, -0.1) is 11.6 Å². The molecular weight excluding hydrogens is 252 g/mol. The van der Waals surface area contributed by atoms with Gasteiger partial charge in [0.2, 0.25) is 0 Å². The Labute approximate surface area is 102 Å². The van der Waals surface area contributed by atoms with E-state index in [9.17, 15) is 13.6 Å². The minimum Gasteiger partial charge on any atom is -0.465 e. The number of hydrogen-bond acceptors (Lipinski definition) is 3. The van der Waals surface area contributed by atoms with Crippen molar-refractivity contribution in [3.63, 3.8) is 0 Å². The first-order chi connectivity index (χ1) is 8.04. The molecule has 3 nitrogen and oxygen atoms in total. The number of rotatable bonds is 3. The van der Waals surface area contributed by atoms with Gasteiger partial charge in [0, 0.05) is 11.4 Å². The summed E-state index contributed by atoms with van der Waals surface area (Å²) in [5.41, 5.74) is -0.443. The third-order valence-corrected chi connectivity index (χ3v) is 2.47. The molecule has 0 aliphatic rings. The monoisotopic (exact) mass is 259 g/mol. The molecule has 0 aliphatic heterocycles. The van der Waals surface area contributed by atoms with E-state index in [0.717, 1.165) is 19.2 Å². The quantitative estimate of drug-likeness (QED) is 0.619. The Morgan fingerprint density at radius 1 is 1.59 bits per heavy atom. The highest BCUT2D eigenvalue weighted by Crippen LogP contribution is 2.27. The van der Waals surface area contributed by atoms with Gasteiger partial charge in [0.05, 0.1) is 24.3 Å². The average molecular weight is 260 g/mol. The zero-order chi connectivity index (χ0) is 13.0. The Hall–Kier alpha value is -1.67. The summed E-state index contributed by atoms with van der Waals surface area (Å²) in [6.45, 7) is 0. The number of carbonyl (C=O) groups excluding carboxylic acids is 1. The molecule has 0 N–H and O–H groups in total. The van der Waals surface area contributed by atoms with E-state index in [-0.39, 0.29) is 22.6 Å². The second-order valence-corrected chi connectivity index (χ2v) is 3.40. The van der Waals surface area contributed by atoms with E-state index in [2.05, 4.69) is 4.74 Å². The smallest absolute Gasteiger partial charge is 0.338 e. The van der Waals surface area contributed by atoms with Crippen molar-refractivity contribution in [3.05, 3.63) is 34.4 Å². The number of hydrogen-bond donors (Lipinski definition) is 0. The van der Waals surface area contributed by atoms with Gasteiger partial charge >= 0.3 is 5.97 Å².